The first-order chi connectivity index (χ1) is 8.34. The van der Waals surface area contributed by atoms with E-state index >= 15 is 0 Å². The molecule has 0 amide bonds. The topological polar surface area (TPSA) is 59.9 Å². The van der Waals surface area contributed by atoms with Gasteiger partial charge in [-0.25, -0.2) is 0 Å². The Bertz CT molecular complexity index is 454. The molecule has 0 aliphatic carbocycles. The van der Waals surface area contributed by atoms with E-state index < -0.39 is 0 Å². The molecule has 0 aromatic carbocycles. The lowest BCUT2D eigenvalue weighted by Crippen LogP contribution is -2.36. The van der Waals surface area contributed by atoms with Crippen LogP contribution in [-0.2, 0) is 17.8 Å². The number of aryl methyl sites for hydroxylation is 1. The number of carbonyl (C=O) groups is 1. The van der Waals surface area contributed by atoms with E-state index in [4.69, 9.17) is 4.52 Å². The van der Waals surface area contributed by atoms with Gasteiger partial charge in [0.1, 0.15) is 0 Å². The molecule has 0 unspecified atom stereocenters. The minimum atomic E-state index is 0.209. The van der Waals surface area contributed by atoms with Gasteiger partial charge in [-0.3, -0.25) is 4.79 Å². The van der Waals surface area contributed by atoms with E-state index in [0.29, 0.717) is 25.3 Å². The van der Waals surface area contributed by atoms with Crippen LogP contribution in [0, 0.1) is 0 Å². The molecule has 5 heteroatoms. The number of carbonyl (C=O) groups excluding carboxylic acids is 1. The van der Waals surface area contributed by atoms with Crippen LogP contribution in [0.1, 0.15) is 18.7 Å². The summed E-state index contributed by atoms with van der Waals surface area (Å²) < 4.78 is 6.73. The van der Waals surface area contributed by atoms with Crippen molar-refractivity contribution in [1.82, 2.24) is 10.1 Å². The number of rotatable bonds is 6. The van der Waals surface area contributed by atoms with Gasteiger partial charge in [-0.05, 0) is 6.42 Å². The van der Waals surface area contributed by atoms with Crippen LogP contribution in [0.3, 0.4) is 0 Å². The molecule has 17 heavy (non-hydrogen) atoms. The fourth-order valence-electron chi connectivity index (χ4n) is 1.57. The lowest BCUT2D eigenvalue weighted by atomic mass is 10.2. The van der Waals surface area contributed by atoms with Gasteiger partial charge in [0.15, 0.2) is 24.5 Å². The third-order valence-corrected chi connectivity index (χ3v) is 2.39. The van der Waals surface area contributed by atoms with Crippen LogP contribution in [0.5, 0.6) is 0 Å². The standard InChI is InChI=1S/C12H14N3O2/c16-11(9-15-7-2-1-3-8-15)5-4-6-12-13-10-14-17-12/h1-3,7-8,10H,4-6,9H2/q+1. The van der Waals surface area contributed by atoms with Crippen molar-refractivity contribution in [3.05, 3.63) is 42.8 Å². The summed E-state index contributed by atoms with van der Waals surface area (Å²) in [5.74, 6) is 0.797. The highest BCUT2D eigenvalue weighted by molar-refractivity contribution is 5.76. The highest BCUT2D eigenvalue weighted by atomic mass is 16.5. The Balaban J connectivity index is 1.71. The molecule has 0 fully saturated rings. The number of pyridine rings is 1. The summed E-state index contributed by atoms with van der Waals surface area (Å²) in [6.07, 6.45) is 7.08. The molecule has 0 saturated carbocycles. The molecule has 5 nitrogen and oxygen atoms in total. The van der Waals surface area contributed by atoms with E-state index in [2.05, 4.69) is 10.1 Å². The van der Waals surface area contributed by atoms with E-state index in [1.807, 2.05) is 35.2 Å². The summed E-state index contributed by atoms with van der Waals surface area (Å²) in [6, 6.07) is 5.74. The Morgan fingerprint density at radius 2 is 2.12 bits per heavy atom. The maximum atomic E-state index is 11.7. The molecule has 0 spiro atoms. The summed E-state index contributed by atoms with van der Waals surface area (Å²) in [5, 5.41) is 3.51. The third kappa shape index (κ3) is 3.79. The van der Waals surface area contributed by atoms with Crippen LogP contribution in [0.4, 0.5) is 0 Å². The quantitative estimate of drug-likeness (QED) is 0.696. The van der Waals surface area contributed by atoms with Crippen LogP contribution in [0.15, 0.2) is 41.4 Å². The van der Waals surface area contributed by atoms with Gasteiger partial charge in [0.2, 0.25) is 12.4 Å². The minimum absolute atomic E-state index is 0.209. The highest BCUT2D eigenvalue weighted by Crippen LogP contribution is 2.00. The first-order valence-corrected chi connectivity index (χ1v) is 5.56. The Morgan fingerprint density at radius 1 is 1.29 bits per heavy atom. The Hall–Kier alpha value is -2.04. The summed E-state index contributed by atoms with van der Waals surface area (Å²) in [4.78, 5) is 15.6. The molecule has 2 aromatic heterocycles. The Labute approximate surface area is 99.1 Å². The third-order valence-electron chi connectivity index (χ3n) is 2.39. The van der Waals surface area contributed by atoms with E-state index in [0.717, 1.165) is 6.42 Å². The van der Waals surface area contributed by atoms with Crippen molar-refractivity contribution in [1.29, 1.82) is 0 Å². The molecule has 0 bridgehead atoms. The number of aromatic nitrogens is 3. The molecule has 2 aromatic rings. The molecule has 2 rings (SSSR count). The predicted octanol–water partition coefficient (Wildman–Crippen LogP) is 0.949. The maximum Gasteiger partial charge on any atom is 0.226 e. The van der Waals surface area contributed by atoms with Gasteiger partial charge in [-0.15, -0.1) is 0 Å². The molecule has 0 aliphatic heterocycles. The fourth-order valence-corrected chi connectivity index (χ4v) is 1.57. The molecule has 2 heterocycles. The largest absolute Gasteiger partial charge is 0.340 e. The van der Waals surface area contributed by atoms with Gasteiger partial charge < -0.3 is 4.52 Å². The SMILES string of the molecule is O=C(CCCc1ncno1)C[n+]1ccccc1. The van der Waals surface area contributed by atoms with Crippen molar-refractivity contribution < 1.29 is 13.9 Å². The number of hydrogen-bond acceptors (Lipinski definition) is 4. The first-order valence-electron chi connectivity index (χ1n) is 5.56. The van der Waals surface area contributed by atoms with Crippen LogP contribution in [0.2, 0.25) is 0 Å². The Kier molecular flexibility index (Phi) is 3.96. The van der Waals surface area contributed by atoms with E-state index in [-0.39, 0.29) is 5.78 Å². The summed E-state index contributed by atoms with van der Waals surface area (Å²) in [7, 11) is 0. The monoisotopic (exact) mass is 232 g/mol. The van der Waals surface area contributed by atoms with Gasteiger partial charge in [0, 0.05) is 25.0 Å². The van der Waals surface area contributed by atoms with Crippen LogP contribution >= 0.6 is 0 Å². The highest BCUT2D eigenvalue weighted by Gasteiger charge is 2.09. The second-order valence-electron chi connectivity index (χ2n) is 3.78. The number of ketones is 1. The maximum absolute atomic E-state index is 11.7. The Morgan fingerprint density at radius 3 is 2.82 bits per heavy atom. The first kappa shape index (κ1) is 11.4. The molecular weight excluding hydrogens is 218 g/mol. The van der Waals surface area contributed by atoms with Gasteiger partial charge >= 0.3 is 0 Å². The van der Waals surface area contributed by atoms with Gasteiger partial charge in [0.05, 0.1) is 0 Å². The van der Waals surface area contributed by atoms with Crippen molar-refractivity contribution in [2.75, 3.05) is 0 Å². The average molecular weight is 232 g/mol. The zero-order valence-electron chi connectivity index (χ0n) is 9.45. The zero-order valence-corrected chi connectivity index (χ0v) is 9.45. The van der Waals surface area contributed by atoms with Crippen molar-refractivity contribution in [3.8, 4) is 0 Å². The molecule has 0 aliphatic rings. The van der Waals surface area contributed by atoms with Crippen molar-refractivity contribution in [3.63, 3.8) is 0 Å². The molecule has 0 saturated heterocycles. The summed E-state index contributed by atoms with van der Waals surface area (Å²) in [6.45, 7) is 0.421. The fraction of sp³-hybridized carbons (Fsp3) is 0.333. The lowest BCUT2D eigenvalue weighted by molar-refractivity contribution is -0.684. The summed E-state index contributed by atoms with van der Waals surface area (Å²) >= 11 is 0. The average Bonchev–Trinajstić information content (AvgIpc) is 2.83. The lowest BCUT2D eigenvalue weighted by Gasteiger charge is -1.96. The van der Waals surface area contributed by atoms with Gasteiger partial charge in [-0.2, -0.15) is 9.55 Å². The van der Waals surface area contributed by atoms with Gasteiger partial charge in [0.25, 0.3) is 0 Å². The van der Waals surface area contributed by atoms with Crippen LogP contribution in [-0.4, -0.2) is 15.9 Å². The molecular formula is C12H14N3O2+. The normalized spacial score (nSPS) is 10.4. The molecule has 0 N–H and O–H groups in total. The minimum Gasteiger partial charge on any atom is -0.340 e. The second kappa shape index (κ2) is 5.89. The van der Waals surface area contributed by atoms with Gasteiger partial charge in [-0.1, -0.05) is 11.2 Å². The van der Waals surface area contributed by atoms with Crippen LogP contribution in [0.25, 0.3) is 0 Å². The number of Topliss-reactive ketones (excluding diaryl/α,β-unsaturated/α-hetero) is 1. The number of nitrogens with zero attached hydrogens (tertiary/aromatic N) is 3. The van der Waals surface area contributed by atoms with E-state index in [1.165, 1.54) is 6.33 Å². The zero-order chi connectivity index (χ0) is 11.9. The molecule has 88 valence electrons. The van der Waals surface area contributed by atoms with Crippen molar-refractivity contribution in [2.45, 2.75) is 25.8 Å². The summed E-state index contributed by atoms with van der Waals surface area (Å²) in [5.41, 5.74) is 0. The predicted molar refractivity (Wildman–Crippen MR) is 58.9 cm³/mol. The van der Waals surface area contributed by atoms with E-state index in [1.54, 1.807) is 0 Å². The van der Waals surface area contributed by atoms with Crippen molar-refractivity contribution >= 4 is 5.78 Å². The van der Waals surface area contributed by atoms with Crippen LogP contribution < -0.4 is 4.57 Å². The van der Waals surface area contributed by atoms with E-state index in [9.17, 15) is 4.79 Å². The molecule has 0 radical (unpaired) electrons. The van der Waals surface area contributed by atoms with Crippen molar-refractivity contribution in [2.24, 2.45) is 0 Å². The molecule has 0 atom stereocenters. The number of hydrogen-bond donors (Lipinski definition) is 0. The smallest absolute Gasteiger partial charge is 0.226 e. The second-order valence-corrected chi connectivity index (χ2v) is 3.78.